The van der Waals surface area contributed by atoms with Gasteiger partial charge in [-0.25, -0.2) is 4.79 Å². The third-order valence-corrected chi connectivity index (χ3v) is 4.11. The fraction of sp³-hybridized carbons (Fsp3) is 0.316. The van der Waals surface area contributed by atoms with Crippen molar-refractivity contribution in [3.63, 3.8) is 0 Å². The number of nitrogens with one attached hydrogen (secondary N) is 2. The molecule has 0 spiro atoms. The highest BCUT2D eigenvalue weighted by atomic mass is 16.5. The summed E-state index contributed by atoms with van der Waals surface area (Å²) < 4.78 is 5.56. The van der Waals surface area contributed by atoms with Crippen LogP contribution in [0.25, 0.3) is 0 Å². The first-order valence-corrected chi connectivity index (χ1v) is 8.13. The lowest BCUT2D eigenvalue weighted by Crippen LogP contribution is -2.53. The summed E-state index contributed by atoms with van der Waals surface area (Å²) in [6.07, 6.45) is 0. The Morgan fingerprint density at radius 3 is 2.25 bits per heavy atom. The van der Waals surface area contributed by atoms with E-state index < -0.39 is 0 Å². The minimum atomic E-state index is -0.249. The Morgan fingerprint density at radius 2 is 1.62 bits per heavy atom. The molecule has 0 atom stereocenters. The van der Waals surface area contributed by atoms with Crippen molar-refractivity contribution in [2.45, 2.75) is 19.4 Å². The maximum absolute atomic E-state index is 12.0. The van der Waals surface area contributed by atoms with Crippen molar-refractivity contribution in [2.24, 2.45) is 0 Å². The van der Waals surface area contributed by atoms with E-state index in [-0.39, 0.29) is 11.6 Å². The molecular formula is C19H23N3O2. The van der Waals surface area contributed by atoms with Crippen molar-refractivity contribution in [1.29, 1.82) is 0 Å². The zero-order chi connectivity index (χ0) is 17.0. The van der Waals surface area contributed by atoms with Gasteiger partial charge in [0.1, 0.15) is 0 Å². The summed E-state index contributed by atoms with van der Waals surface area (Å²) >= 11 is 0. The number of para-hydroxylation sites is 1. The van der Waals surface area contributed by atoms with Gasteiger partial charge in [0.2, 0.25) is 0 Å². The van der Waals surface area contributed by atoms with E-state index in [0.29, 0.717) is 6.61 Å². The summed E-state index contributed by atoms with van der Waals surface area (Å²) in [6.45, 7) is 6.67. The number of amides is 2. The average molecular weight is 325 g/mol. The summed E-state index contributed by atoms with van der Waals surface area (Å²) in [6, 6.07) is 17.0. The van der Waals surface area contributed by atoms with Crippen LogP contribution >= 0.6 is 0 Å². The van der Waals surface area contributed by atoms with Crippen molar-refractivity contribution in [3.05, 3.63) is 54.6 Å². The fourth-order valence-electron chi connectivity index (χ4n) is 2.88. The molecule has 1 aliphatic heterocycles. The molecule has 1 fully saturated rings. The van der Waals surface area contributed by atoms with Gasteiger partial charge in [-0.1, -0.05) is 18.2 Å². The molecule has 0 bridgehead atoms. The number of ether oxygens (including phenoxy) is 1. The van der Waals surface area contributed by atoms with Crippen LogP contribution in [0.1, 0.15) is 13.8 Å². The highest BCUT2D eigenvalue weighted by Gasteiger charge is 2.30. The molecule has 2 aromatic rings. The summed E-state index contributed by atoms with van der Waals surface area (Å²) in [5, 5.41) is 5.65. The van der Waals surface area contributed by atoms with Gasteiger partial charge in [-0.15, -0.1) is 0 Å². The van der Waals surface area contributed by atoms with Crippen LogP contribution in [0.4, 0.5) is 21.9 Å². The molecular weight excluding hydrogens is 302 g/mol. The zero-order valence-corrected chi connectivity index (χ0v) is 14.1. The topological polar surface area (TPSA) is 53.6 Å². The lowest BCUT2D eigenvalue weighted by molar-refractivity contribution is 0.0644. The van der Waals surface area contributed by atoms with Gasteiger partial charge in [-0.05, 0) is 50.2 Å². The van der Waals surface area contributed by atoms with Crippen LogP contribution in [0, 0.1) is 0 Å². The van der Waals surface area contributed by atoms with E-state index in [1.54, 1.807) is 0 Å². The predicted molar refractivity (Wildman–Crippen MR) is 97.8 cm³/mol. The van der Waals surface area contributed by atoms with Gasteiger partial charge in [0.05, 0.1) is 18.8 Å². The minimum absolute atomic E-state index is 0.0299. The molecule has 0 unspecified atom stereocenters. The average Bonchev–Trinajstić information content (AvgIpc) is 2.56. The Labute approximate surface area is 142 Å². The van der Waals surface area contributed by atoms with Gasteiger partial charge in [-0.3, -0.25) is 0 Å². The van der Waals surface area contributed by atoms with Crippen molar-refractivity contribution in [1.82, 2.24) is 0 Å². The molecule has 1 heterocycles. The number of benzene rings is 2. The van der Waals surface area contributed by atoms with Gasteiger partial charge in [0.25, 0.3) is 0 Å². The minimum Gasteiger partial charge on any atom is -0.377 e. The van der Waals surface area contributed by atoms with Crippen LogP contribution in [0.15, 0.2) is 54.6 Å². The molecule has 0 aliphatic carbocycles. The summed E-state index contributed by atoms with van der Waals surface area (Å²) in [5.74, 6) is 0. The quantitative estimate of drug-likeness (QED) is 0.898. The van der Waals surface area contributed by atoms with E-state index in [1.807, 2.05) is 54.6 Å². The number of carbonyl (C=O) groups excluding carboxylic acids is 1. The number of hydrogen-bond donors (Lipinski definition) is 2. The second kappa shape index (κ2) is 6.93. The lowest BCUT2D eigenvalue weighted by Gasteiger charge is -2.43. The Kier molecular flexibility index (Phi) is 4.71. The van der Waals surface area contributed by atoms with Gasteiger partial charge < -0.3 is 20.3 Å². The van der Waals surface area contributed by atoms with Crippen LogP contribution in [0.2, 0.25) is 0 Å². The molecule has 0 aromatic heterocycles. The number of nitrogens with zero attached hydrogens (tertiary/aromatic N) is 1. The Morgan fingerprint density at radius 1 is 1.00 bits per heavy atom. The molecule has 5 nitrogen and oxygen atoms in total. The van der Waals surface area contributed by atoms with Crippen molar-refractivity contribution >= 4 is 23.1 Å². The SMILES string of the molecule is CC1(C)COCCN1c1ccc(NC(=O)Nc2ccccc2)cc1. The van der Waals surface area contributed by atoms with Crippen LogP contribution in [-0.4, -0.2) is 31.3 Å². The maximum atomic E-state index is 12.0. The molecule has 0 radical (unpaired) electrons. The molecule has 5 heteroatoms. The van der Waals surface area contributed by atoms with Gasteiger partial charge in [-0.2, -0.15) is 0 Å². The molecule has 1 saturated heterocycles. The first-order valence-electron chi connectivity index (χ1n) is 8.13. The van der Waals surface area contributed by atoms with E-state index in [4.69, 9.17) is 4.74 Å². The predicted octanol–water partition coefficient (Wildman–Crippen LogP) is 3.95. The lowest BCUT2D eigenvalue weighted by atomic mass is 10.0. The third-order valence-electron chi connectivity index (χ3n) is 4.11. The Bertz CT molecular complexity index is 684. The monoisotopic (exact) mass is 325 g/mol. The third kappa shape index (κ3) is 3.86. The molecule has 2 amide bonds. The molecule has 3 rings (SSSR count). The summed E-state index contributed by atoms with van der Waals surface area (Å²) in [7, 11) is 0. The highest BCUT2D eigenvalue weighted by molar-refractivity contribution is 5.99. The smallest absolute Gasteiger partial charge is 0.323 e. The van der Waals surface area contributed by atoms with Crippen molar-refractivity contribution < 1.29 is 9.53 Å². The van der Waals surface area contributed by atoms with Gasteiger partial charge in [0.15, 0.2) is 0 Å². The van der Waals surface area contributed by atoms with E-state index in [9.17, 15) is 4.79 Å². The second-order valence-electron chi connectivity index (χ2n) is 6.51. The number of urea groups is 1. The number of morpholine rings is 1. The summed E-state index contributed by atoms with van der Waals surface area (Å²) in [5.41, 5.74) is 2.63. The summed E-state index contributed by atoms with van der Waals surface area (Å²) in [4.78, 5) is 14.4. The highest BCUT2D eigenvalue weighted by Crippen LogP contribution is 2.27. The zero-order valence-electron chi connectivity index (χ0n) is 14.1. The largest absolute Gasteiger partial charge is 0.377 e. The van der Waals surface area contributed by atoms with E-state index >= 15 is 0 Å². The fourth-order valence-corrected chi connectivity index (χ4v) is 2.88. The van der Waals surface area contributed by atoms with Crippen molar-refractivity contribution in [3.8, 4) is 0 Å². The standard InChI is InChI=1S/C19H23N3O2/c1-19(2)14-24-13-12-22(19)17-10-8-16(9-11-17)21-18(23)20-15-6-4-3-5-7-15/h3-11H,12-14H2,1-2H3,(H2,20,21,23). The Balaban J connectivity index is 1.63. The van der Waals surface area contributed by atoms with Gasteiger partial charge in [0, 0.05) is 23.6 Å². The molecule has 24 heavy (non-hydrogen) atoms. The van der Waals surface area contributed by atoms with E-state index in [0.717, 1.165) is 30.2 Å². The number of rotatable bonds is 3. The number of anilines is 3. The first-order chi connectivity index (χ1) is 11.5. The van der Waals surface area contributed by atoms with E-state index in [1.165, 1.54) is 0 Å². The first kappa shape index (κ1) is 16.3. The number of carbonyl (C=O) groups is 1. The molecule has 2 aromatic carbocycles. The maximum Gasteiger partial charge on any atom is 0.323 e. The molecule has 1 aliphatic rings. The molecule has 0 saturated carbocycles. The van der Waals surface area contributed by atoms with Crippen molar-refractivity contribution in [2.75, 3.05) is 35.3 Å². The van der Waals surface area contributed by atoms with E-state index in [2.05, 4.69) is 29.4 Å². The van der Waals surface area contributed by atoms with Crippen LogP contribution in [-0.2, 0) is 4.74 Å². The van der Waals surface area contributed by atoms with Crippen LogP contribution in [0.3, 0.4) is 0 Å². The molecule has 126 valence electrons. The normalized spacial score (nSPS) is 16.5. The van der Waals surface area contributed by atoms with Crippen LogP contribution < -0.4 is 15.5 Å². The molecule has 2 N–H and O–H groups in total. The number of hydrogen-bond acceptors (Lipinski definition) is 3. The Hall–Kier alpha value is -2.53. The van der Waals surface area contributed by atoms with Gasteiger partial charge >= 0.3 is 6.03 Å². The second-order valence-corrected chi connectivity index (χ2v) is 6.51. The van der Waals surface area contributed by atoms with Crippen LogP contribution in [0.5, 0.6) is 0 Å².